The summed E-state index contributed by atoms with van der Waals surface area (Å²) in [6.45, 7) is 1.74. The number of ether oxygens (including phenoxy) is 1. The van der Waals surface area contributed by atoms with Crippen LogP contribution in [-0.2, 0) is 0 Å². The third-order valence-corrected chi connectivity index (χ3v) is 4.63. The summed E-state index contributed by atoms with van der Waals surface area (Å²) >= 11 is 0. The summed E-state index contributed by atoms with van der Waals surface area (Å²) in [5.74, 6) is 3.08. The Labute approximate surface area is 127 Å². The maximum Gasteiger partial charge on any atom is 0.239 e. The van der Waals surface area contributed by atoms with Crippen molar-refractivity contribution in [1.82, 2.24) is 4.98 Å². The lowest BCUT2D eigenvalue weighted by molar-refractivity contribution is 0.290. The van der Waals surface area contributed by atoms with E-state index in [0.717, 1.165) is 24.9 Å². The van der Waals surface area contributed by atoms with Crippen LogP contribution in [0, 0.1) is 11.8 Å². The molecule has 4 heteroatoms. The lowest BCUT2D eigenvalue weighted by atomic mass is 9.87. The maximum atomic E-state index is 5.93. The molecular formula is C17H27N3O. The summed E-state index contributed by atoms with van der Waals surface area (Å²) in [5, 5.41) is 3.42. The minimum atomic E-state index is 0.588. The number of pyridine rings is 1. The van der Waals surface area contributed by atoms with Gasteiger partial charge in [0.1, 0.15) is 5.82 Å². The second-order valence-electron chi connectivity index (χ2n) is 6.56. The second kappa shape index (κ2) is 7.01. The first kappa shape index (κ1) is 14.5. The SMILES string of the molecule is Nc1ccc(NCCC2CCCCC2)nc1OCC1CC1. The molecule has 0 amide bonds. The fraction of sp³-hybridized carbons (Fsp3) is 0.706. The Bertz CT molecular complexity index is 453. The molecule has 21 heavy (non-hydrogen) atoms. The van der Waals surface area contributed by atoms with Crippen molar-refractivity contribution in [3.63, 3.8) is 0 Å². The van der Waals surface area contributed by atoms with Crippen LogP contribution in [0.2, 0.25) is 0 Å². The van der Waals surface area contributed by atoms with Crippen LogP contribution in [-0.4, -0.2) is 18.1 Å². The molecule has 2 aliphatic rings. The molecule has 0 aliphatic heterocycles. The normalized spacial score (nSPS) is 19.4. The third kappa shape index (κ3) is 4.51. The van der Waals surface area contributed by atoms with Gasteiger partial charge in [-0.1, -0.05) is 32.1 Å². The molecule has 2 aliphatic carbocycles. The standard InChI is InChI=1S/C17H27N3O/c18-15-8-9-16(20-17(15)21-12-14-6-7-14)19-11-10-13-4-2-1-3-5-13/h8-9,13-14H,1-7,10-12,18H2,(H,19,20). The van der Waals surface area contributed by atoms with E-state index >= 15 is 0 Å². The Balaban J connectivity index is 1.46. The van der Waals surface area contributed by atoms with Crippen molar-refractivity contribution < 1.29 is 4.74 Å². The minimum absolute atomic E-state index is 0.588. The van der Waals surface area contributed by atoms with Gasteiger partial charge in [0.15, 0.2) is 0 Å². The van der Waals surface area contributed by atoms with Gasteiger partial charge in [-0.25, -0.2) is 0 Å². The van der Waals surface area contributed by atoms with Crippen LogP contribution in [0.3, 0.4) is 0 Å². The Morgan fingerprint density at radius 3 is 2.67 bits per heavy atom. The summed E-state index contributed by atoms with van der Waals surface area (Å²) in [6.07, 6.45) is 10.8. The predicted octanol–water partition coefficient (Wildman–Crippen LogP) is 3.83. The first-order valence-corrected chi connectivity index (χ1v) is 8.44. The average Bonchev–Trinajstić information content (AvgIpc) is 3.33. The predicted molar refractivity (Wildman–Crippen MR) is 86.6 cm³/mol. The zero-order valence-electron chi connectivity index (χ0n) is 12.8. The molecule has 1 aromatic heterocycles. The topological polar surface area (TPSA) is 60.2 Å². The lowest BCUT2D eigenvalue weighted by Crippen LogP contribution is -2.13. The van der Waals surface area contributed by atoms with Crippen molar-refractivity contribution in [2.45, 2.75) is 51.4 Å². The molecule has 0 saturated heterocycles. The number of anilines is 2. The molecule has 1 aromatic rings. The highest BCUT2D eigenvalue weighted by atomic mass is 16.5. The average molecular weight is 289 g/mol. The maximum absolute atomic E-state index is 5.93. The molecule has 116 valence electrons. The molecule has 2 fully saturated rings. The summed E-state index contributed by atoms with van der Waals surface area (Å²) in [7, 11) is 0. The lowest BCUT2D eigenvalue weighted by Gasteiger charge is -2.21. The highest BCUT2D eigenvalue weighted by Crippen LogP contribution is 2.31. The zero-order valence-corrected chi connectivity index (χ0v) is 12.8. The molecule has 0 aromatic carbocycles. The van der Waals surface area contributed by atoms with Crippen LogP contribution >= 0.6 is 0 Å². The van der Waals surface area contributed by atoms with E-state index in [0.29, 0.717) is 17.5 Å². The van der Waals surface area contributed by atoms with Crippen LogP contribution in [0.5, 0.6) is 5.88 Å². The molecule has 0 bridgehead atoms. The number of aromatic nitrogens is 1. The van der Waals surface area contributed by atoms with Gasteiger partial charge in [0.2, 0.25) is 5.88 Å². The van der Waals surface area contributed by atoms with Crippen molar-refractivity contribution in [2.75, 3.05) is 24.2 Å². The van der Waals surface area contributed by atoms with E-state index in [1.54, 1.807) is 0 Å². The van der Waals surface area contributed by atoms with E-state index in [1.807, 2.05) is 12.1 Å². The molecule has 0 radical (unpaired) electrons. The molecular weight excluding hydrogens is 262 g/mol. The van der Waals surface area contributed by atoms with Crippen molar-refractivity contribution >= 4 is 11.5 Å². The molecule has 0 unspecified atom stereocenters. The molecule has 2 saturated carbocycles. The Kier molecular flexibility index (Phi) is 4.84. The summed E-state index contributed by atoms with van der Waals surface area (Å²) in [4.78, 5) is 4.50. The van der Waals surface area contributed by atoms with Crippen molar-refractivity contribution in [3.05, 3.63) is 12.1 Å². The fourth-order valence-corrected chi connectivity index (χ4v) is 3.03. The quantitative estimate of drug-likeness (QED) is 0.800. The van der Waals surface area contributed by atoms with Crippen LogP contribution in [0.25, 0.3) is 0 Å². The van der Waals surface area contributed by atoms with Gasteiger partial charge in [-0.3, -0.25) is 0 Å². The van der Waals surface area contributed by atoms with E-state index in [1.165, 1.54) is 51.4 Å². The van der Waals surface area contributed by atoms with Gasteiger partial charge in [-0.15, -0.1) is 0 Å². The van der Waals surface area contributed by atoms with Crippen molar-refractivity contribution in [2.24, 2.45) is 11.8 Å². The van der Waals surface area contributed by atoms with Gasteiger partial charge in [0, 0.05) is 6.54 Å². The van der Waals surface area contributed by atoms with Crippen LogP contribution in [0.4, 0.5) is 11.5 Å². The van der Waals surface area contributed by atoms with Gasteiger partial charge in [-0.2, -0.15) is 4.98 Å². The van der Waals surface area contributed by atoms with E-state index in [2.05, 4.69) is 10.3 Å². The Morgan fingerprint density at radius 2 is 1.90 bits per heavy atom. The number of nitrogens with two attached hydrogens (primary N) is 1. The van der Waals surface area contributed by atoms with Gasteiger partial charge in [0.25, 0.3) is 0 Å². The van der Waals surface area contributed by atoms with Crippen LogP contribution < -0.4 is 15.8 Å². The number of hydrogen-bond donors (Lipinski definition) is 2. The van der Waals surface area contributed by atoms with E-state index in [9.17, 15) is 0 Å². The second-order valence-corrected chi connectivity index (χ2v) is 6.56. The third-order valence-electron chi connectivity index (χ3n) is 4.63. The van der Waals surface area contributed by atoms with E-state index in [4.69, 9.17) is 10.5 Å². The molecule has 3 rings (SSSR count). The molecule has 3 N–H and O–H groups in total. The van der Waals surface area contributed by atoms with Crippen LogP contribution in [0.15, 0.2) is 12.1 Å². The van der Waals surface area contributed by atoms with Crippen molar-refractivity contribution in [1.29, 1.82) is 0 Å². The number of rotatable bonds is 7. The van der Waals surface area contributed by atoms with Gasteiger partial charge in [-0.05, 0) is 43.2 Å². The molecule has 0 atom stereocenters. The van der Waals surface area contributed by atoms with Gasteiger partial charge in [0.05, 0.1) is 12.3 Å². The van der Waals surface area contributed by atoms with E-state index in [-0.39, 0.29) is 0 Å². The Morgan fingerprint density at radius 1 is 1.10 bits per heavy atom. The van der Waals surface area contributed by atoms with Crippen molar-refractivity contribution in [3.8, 4) is 5.88 Å². The number of nitrogens with zero attached hydrogens (tertiary/aromatic N) is 1. The largest absolute Gasteiger partial charge is 0.476 e. The summed E-state index contributed by atoms with van der Waals surface area (Å²) in [6, 6.07) is 3.83. The Hall–Kier alpha value is -1.45. The number of nitrogens with one attached hydrogen (secondary N) is 1. The monoisotopic (exact) mass is 289 g/mol. The molecule has 0 spiro atoms. The highest BCUT2D eigenvalue weighted by molar-refractivity contribution is 5.53. The smallest absolute Gasteiger partial charge is 0.239 e. The summed E-state index contributed by atoms with van der Waals surface area (Å²) < 4.78 is 5.72. The molecule has 1 heterocycles. The van der Waals surface area contributed by atoms with Crippen LogP contribution in [0.1, 0.15) is 51.4 Å². The van der Waals surface area contributed by atoms with E-state index < -0.39 is 0 Å². The molecule has 4 nitrogen and oxygen atoms in total. The van der Waals surface area contributed by atoms with Gasteiger partial charge < -0.3 is 15.8 Å². The summed E-state index contributed by atoms with van der Waals surface area (Å²) in [5.41, 5.74) is 6.56. The highest BCUT2D eigenvalue weighted by Gasteiger charge is 2.22. The number of hydrogen-bond acceptors (Lipinski definition) is 4. The first-order valence-electron chi connectivity index (χ1n) is 8.44. The number of nitrogen functional groups attached to an aromatic ring is 1. The first-order chi connectivity index (χ1) is 10.3. The van der Waals surface area contributed by atoms with Gasteiger partial charge >= 0.3 is 0 Å². The fourth-order valence-electron chi connectivity index (χ4n) is 3.03. The minimum Gasteiger partial charge on any atom is -0.476 e. The zero-order chi connectivity index (χ0) is 14.5.